The number of guanidine groups is 1. The molecule has 6 rings (SSSR count). The Labute approximate surface area is 442 Å². The summed E-state index contributed by atoms with van der Waals surface area (Å²) in [4.78, 5) is 107. The van der Waals surface area contributed by atoms with Crippen molar-refractivity contribution in [3.8, 4) is 5.75 Å². The minimum Gasteiger partial charge on any atom is -0.508 e. The standard InChI is InChI=1S/C56H73N11O9/c1-4-59-54(75)48-18-11-27-67(48)55(76)43(17-10-26-60-56(57)58)63-50(71)44(28-34(2)3)64-52(73)46(31-36-20-23-37-12-5-6-13-38(37)29-36)65-51(72)45(30-35-21-24-40(69)25-22-35)66-53(74)47(33-68)62-49(70)19-9-14-39-32-61-42-16-8-7-15-41(39)42/h5-8,12-13,15-16,20-25,29,32,34,43-48,61,68-69H,4,9-11,14,17-19,26-28,30-31,33H2,1-3H3,(H,59,75)(H,62,70)(H,63,71)(H,64,73)(H,65,72)(H,66,74)(H4,57,58,60)/t43-,44-,45-,46+,47-,48?/m0/s1. The van der Waals surface area contributed by atoms with Gasteiger partial charge in [-0.2, -0.15) is 0 Å². The van der Waals surface area contributed by atoms with Crippen molar-refractivity contribution in [2.75, 3.05) is 26.2 Å². The average Bonchev–Trinajstić information content (AvgIpc) is 4.07. The Morgan fingerprint density at radius 1 is 0.737 bits per heavy atom. The van der Waals surface area contributed by atoms with Gasteiger partial charge in [0, 0.05) is 56.0 Å². The first-order valence-electron chi connectivity index (χ1n) is 26.1. The maximum atomic E-state index is 14.8. The van der Waals surface area contributed by atoms with E-state index in [4.69, 9.17) is 11.5 Å². The molecule has 0 aliphatic carbocycles. The molecule has 13 N–H and O–H groups in total. The molecule has 4 aromatic carbocycles. The summed E-state index contributed by atoms with van der Waals surface area (Å²) in [6.07, 6.45) is 4.38. The number of aliphatic hydroxyl groups excluding tert-OH is 1. The van der Waals surface area contributed by atoms with Gasteiger partial charge in [0.2, 0.25) is 41.4 Å². The van der Waals surface area contributed by atoms with Gasteiger partial charge in [0.15, 0.2) is 5.96 Å². The van der Waals surface area contributed by atoms with Crippen LogP contribution in [0.25, 0.3) is 21.7 Å². The van der Waals surface area contributed by atoms with Gasteiger partial charge in [0.05, 0.1) is 6.61 Å². The molecular weight excluding hydrogens is 971 g/mol. The smallest absolute Gasteiger partial charge is 0.245 e. The third kappa shape index (κ3) is 16.5. The number of aromatic nitrogens is 1. The quantitative estimate of drug-likeness (QED) is 0.0206. The number of para-hydroxylation sites is 1. The lowest BCUT2D eigenvalue weighted by molar-refractivity contribution is -0.142. The van der Waals surface area contributed by atoms with Gasteiger partial charge in [0.1, 0.15) is 42.0 Å². The number of nitrogens with one attached hydrogen (secondary N) is 7. The summed E-state index contributed by atoms with van der Waals surface area (Å²) in [5.74, 6) is -4.62. The molecule has 1 unspecified atom stereocenters. The number of carbonyl (C=O) groups is 7. The second-order valence-corrected chi connectivity index (χ2v) is 19.7. The van der Waals surface area contributed by atoms with Crippen molar-refractivity contribution >= 4 is 69.0 Å². The van der Waals surface area contributed by atoms with Gasteiger partial charge in [-0.25, -0.2) is 0 Å². The second kappa shape index (κ2) is 28.1. The number of benzene rings is 4. The van der Waals surface area contributed by atoms with Crippen LogP contribution in [0.1, 0.15) is 82.4 Å². The fourth-order valence-electron chi connectivity index (χ4n) is 9.47. The molecule has 7 amide bonds. The number of carbonyl (C=O) groups excluding carboxylic acids is 7. The van der Waals surface area contributed by atoms with E-state index in [0.29, 0.717) is 56.3 Å². The lowest BCUT2D eigenvalue weighted by Gasteiger charge is -2.30. The second-order valence-electron chi connectivity index (χ2n) is 19.7. The first-order chi connectivity index (χ1) is 36.5. The van der Waals surface area contributed by atoms with Gasteiger partial charge in [-0.3, -0.25) is 38.6 Å². The number of likely N-dealkylation sites (N-methyl/N-ethyl adjacent to an activating group) is 1. The number of nitrogens with zero attached hydrogens (tertiary/aromatic N) is 2. The van der Waals surface area contributed by atoms with E-state index >= 15 is 0 Å². The van der Waals surface area contributed by atoms with E-state index in [1.165, 1.54) is 17.0 Å². The first-order valence-corrected chi connectivity index (χ1v) is 26.1. The Morgan fingerprint density at radius 3 is 2.04 bits per heavy atom. The van der Waals surface area contributed by atoms with Gasteiger partial charge in [-0.1, -0.05) is 86.6 Å². The van der Waals surface area contributed by atoms with Crippen molar-refractivity contribution in [2.45, 2.75) is 121 Å². The zero-order chi connectivity index (χ0) is 54.7. The molecule has 20 heteroatoms. The van der Waals surface area contributed by atoms with Gasteiger partial charge in [-0.15, -0.1) is 0 Å². The van der Waals surface area contributed by atoms with Gasteiger partial charge in [-0.05, 0) is 103 Å². The monoisotopic (exact) mass is 1040 g/mol. The molecule has 1 fully saturated rings. The highest BCUT2D eigenvalue weighted by atomic mass is 16.3. The van der Waals surface area contributed by atoms with Gasteiger partial charge >= 0.3 is 0 Å². The number of aryl methyl sites for hydroxylation is 1. The summed E-state index contributed by atoms with van der Waals surface area (Å²) in [6.45, 7) is 5.58. The molecule has 1 aromatic heterocycles. The Hall–Kier alpha value is -8.00. The summed E-state index contributed by atoms with van der Waals surface area (Å²) >= 11 is 0. The number of aliphatic hydroxyl groups is 1. The van der Waals surface area contributed by atoms with Crippen LogP contribution < -0.4 is 43.4 Å². The molecule has 2 heterocycles. The van der Waals surface area contributed by atoms with Crippen molar-refractivity contribution in [1.82, 2.24) is 41.8 Å². The molecule has 20 nitrogen and oxygen atoms in total. The third-order valence-electron chi connectivity index (χ3n) is 13.3. The predicted molar refractivity (Wildman–Crippen MR) is 290 cm³/mol. The van der Waals surface area contributed by atoms with E-state index in [2.05, 4.69) is 41.9 Å². The van der Waals surface area contributed by atoms with Crippen LogP contribution in [0, 0.1) is 5.92 Å². The molecule has 5 aromatic rings. The predicted octanol–water partition coefficient (Wildman–Crippen LogP) is 2.48. The highest BCUT2D eigenvalue weighted by Gasteiger charge is 2.39. The van der Waals surface area contributed by atoms with E-state index in [1.54, 1.807) is 19.1 Å². The number of rotatable bonds is 27. The number of fused-ring (bicyclic) bond motifs is 2. The van der Waals surface area contributed by atoms with Crippen molar-refractivity contribution in [3.05, 3.63) is 114 Å². The van der Waals surface area contributed by atoms with E-state index in [9.17, 15) is 43.8 Å². The summed E-state index contributed by atoms with van der Waals surface area (Å²) in [6, 6.07) is 19.8. The molecule has 6 atom stereocenters. The molecular formula is C56H73N11O9. The molecule has 406 valence electrons. The number of aliphatic imine (C=N–C) groups is 1. The van der Waals surface area contributed by atoms with Crippen LogP contribution >= 0.6 is 0 Å². The van der Waals surface area contributed by atoms with Crippen LogP contribution in [-0.4, -0.2) is 130 Å². The normalized spacial score (nSPS) is 15.2. The zero-order valence-corrected chi connectivity index (χ0v) is 43.5. The summed E-state index contributed by atoms with van der Waals surface area (Å²) in [7, 11) is 0. The molecule has 1 aliphatic heterocycles. The third-order valence-corrected chi connectivity index (χ3v) is 13.3. The fraction of sp³-hybridized carbons (Fsp3) is 0.429. The van der Waals surface area contributed by atoms with Crippen molar-refractivity contribution in [1.29, 1.82) is 0 Å². The number of amides is 7. The number of nitrogens with two attached hydrogens (primary N) is 2. The highest BCUT2D eigenvalue weighted by molar-refractivity contribution is 5.98. The summed E-state index contributed by atoms with van der Waals surface area (Å²) in [5, 5.41) is 39.9. The summed E-state index contributed by atoms with van der Waals surface area (Å²) in [5.41, 5.74) is 14.3. The number of hydrogen-bond acceptors (Lipinski definition) is 10. The van der Waals surface area contributed by atoms with Crippen LogP contribution in [0.5, 0.6) is 5.75 Å². The van der Waals surface area contributed by atoms with E-state index in [1.807, 2.05) is 86.8 Å². The fourth-order valence-corrected chi connectivity index (χ4v) is 9.47. The lowest BCUT2D eigenvalue weighted by Crippen LogP contribution is -2.60. The number of likely N-dealkylation sites (tertiary alicyclic amines) is 1. The molecule has 1 saturated heterocycles. The van der Waals surface area contributed by atoms with Crippen LogP contribution in [0.15, 0.2) is 102 Å². The van der Waals surface area contributed by atoms with Crippen LogP contribution in [0.2, 0.25) is 0 Å². The minimum atomic E-state index is -1.44. The largest absolute Gasteiger partial charge is 0.508 e. The van der Waals surface area contributed by atoms with Gasteiger partial charge in [0.25, 0.3) is 0 Å². The average molecular weight is 1040 g/mol. The molecule has 1 aliphatic rings. The van der Waals surface area contributed by atoms with Crippen LogP contribution in [-0.2, 0) is 52.8 Å². The minimum absolute atomic E-state index is 0.0325. The maximum absolute atomic E-state index is 14.8. The van der Waals surface area contributed by atoms with Crippen LogP contribution in [0.3, 0.4) is 0 Å². The Morgan fingerprint density at radius 2 is 1.36 bits per heavy atom. The number of aromatic hydroxyl groups is 1. The number of aromatic amines is 1. The van der Waals surface area contributed by atoms with Crippen molar-refractivity contribution < 1.29 is 43.8 Å². The summed E-state index contributed by atoms with van der Waals surface area (Å²) < 4.78 is 0. The van der Waals surface area contributed by atoms with Crippen LogP contribution in [0.4, 0.5) is 0 Å². The molecule has 0 spiro atoms. The maximum Gasteiger partial charge on any atom is 0.245 e. The molecule has 0 bridgehead atoms. The number of phenols is 1. The zero-order valence-electron chi connectivity index (χ0n) is 43.5. The number of H-pyrrole nitrogens is 1. The Bertz CT molecular complexity index is 2830. The number of hydrogen-bond donors (Lipinski definition) is 11. The number of phenolic OH excluding ortho intramolecular Hbond substituents is 1. The van der Waals surface area contributed by atoms with Gasteiger partial charge < -0.3 is 63.5 Å². The van der Waals surface area contributed by atoms with E-state index in [-0.39, 0.29) is 62.2 Å². The topological polar surface area (TPSA) is 316 Å². The molecule has 0 radical (unpaired) electrons. The Kier molecular flexibility index (Phi) is 21.1. The van der Waals surface area contributed by atoms with E-state index < -0.39 is 78.3 Å². The van der Waals surface area contributed by atoms with Crippen molar-refractivity contribution in [2.24, 2.45) is 22.4 Å². The molecule has 0 saturated carbocycles. The van der Waals surface area contributed by atoms with E-state index in [0.717, 1.165) is 27.2 Å². The molecule has 76 heavy (non-hydrogen) atoms. The lowest BCUT2D eigenvalue weighted by atomic mass is 9.98. The Balaban J connectivity index is 1.23. The van der Waals surface area contributed by atoms with Crippen molar-refractivity contribution in [3.63, 3.8) is 0 Å². The highest BCUT2D eigenvalue weighted by Crippen LogP contribution is 2.22. The SMILES string of the molecule is CCNC(=O)C1CCCN1C(=O)[C@H](CCCN=C(N)N)NC(=O)[C@H](CC(C)C)NC(=O)[C@@H](Cc1ccc2ccccc2c1)NC(=O)[C@H](Cc1ccc(O)cc1)NC(=O)[C@H](CO)NC(=O)CCCc1c[nH]c2ccccc12. The first kappa shape index (κ1) is 57.3.